The zero-order valence-electron chi connectivity index (χ0n) is 10.3. The third-order valence-electron chi connectivity index (χ3n) is 3.24. The van der Waals surface area contributed by atoms with Crippen molar-refractivity contribution in [2.75, 3.05) is 25.5 Å². The van der Waals surface area contributed by atoms with E-state index in [1.165, 1.54) is 25.0 Å². The molecule has 15 heavy (non-hydrogen) atoms. The fraction of sp³-hybridized carbons (Fsp3) is 1.00. The number of thioether (sulfide) groups is 1. The Bertz CT molecular complexity index is 163. The average Bonchev–Trinajstić information content (AvgIpc) is 2.28. The molecule has 1 saturated heterocycles. The van der Waals surface area contributed by atoms with E-state index in [-0.39, 0.29) is 0 Å². The van der Waals surface area contributed by atoms with E-state index in [1.807, 2.05) is 0 Å². The Morgan fingerprint density at radius 2 is 2.00 bits per heavy atom. The second-order valence-corrected chi connectivity index (χ2v) is 6.15. The third-order valence-corrected chi connectivity index (χ3v) is 4.69. The maximum absolute atomic E-state index is 5.46. The fourth-order valence-electron chi connectivity index (χ4n) is 1.93. The number of hydrogen-bond donors (Lipinski definition) is 1. The summed E-state index contributed by atoms with van der Waals surface area (Å²) in [6.45, 7) is 9.78. The van der Waals surface area contributed by atoms with Crippen LogP contribution in [0.4, 0.5) is 0 Å². The highest BCUT2D eigenvalue weighted by atomic mass is 32.2. The maximum Gasteiger partial charge on any atom is 0.0479 e. The zero-order valence-corrected chi connectivity index (χ0v) is 11.2. The molecule has 0 radical (unpaired) electrons. The molecule has 0 saturated carbocycles. The average molecular weight is 231 g/mol. The molecule has 0 bridgehead atoms. The van der Waals surface area contributed by atoms with E-state index in [0.717, 1.165) is 19.8 Å². The van der Waals surface area contributed by atoms with Gasteiger partial charge < -0.3 is 10.1 Å². The van der Waals surface area contributed by atoms with Crippen LogP contribution in [0, 0.1) is 0 Å². The van der Waals surface area contributed by atoms with E-state index in [4.69, 9.17) is 4.74 Å². The Morgan fingerprint density at radius 3 is 2.53 bits per heavy atom. The van der Waals surface area contributed by atoms with Crippen LogP contribution in [0.2, 0.25) is 0 Å². The predicted molar refractivity (Wildman–Crippen MR) is 68.7 cm³/mol. The van der Waals surface area contributed by atoms with Crippen LogP contribution in [0.15, 0.2) is 0 Å². The standard InChI is InChI=1S/C12H25NOS/c1-4-11(3)13-10-12(15-5-2)6-8-14-9-7-12/h11,13H,4-10H2,1-3H3. The van der Waals surface area contributed by atoms with Crippen LogP contribution in [-0.4, -0.2) is 36.3 Å². The van der Waals surface area contributed by atoms with Gasteiger partial charge in [0.15, 0.2) is 0 Å². The molecule has 1 N–H and O–H groups in total. The Kier molecular flexibility index (Phi) is 6.02. The summed E-state index contributed by atoms with van der Waals surface area (Å²) in [5.74, 6) is 1.21. The molecule has 0 amide bonds. The van der Waals surface area contributed by atoms with Crippen LogP contribution in [0.1, 0.15) is 40.0 Å². The third kappa shape index (κ3) is 4.33. The largest absolute Gasteiger partial charge is 0.381 e. The molecular weight excluding hydrogens is 206 g/mol. The van der Waals surface area contributed by atoms with Crippen LogP contribution < -0.4 is 5.32 Å². The minimum atomic E-state index is 0.441. The van der Waals surface area contributed by atoms with Crippen molar-refractivity contribution >= 4 is 11.8 Å². The fourth-order valence-corrected chi connectivity index (χ4v) is 3.18. The SMILES string of the molecule is CCSC1(CNC(C)CC)CCOCC1. The lowest BCUT2D eigenvalue weighted by Crippen LogP contribution is -2.45. The van der Waals surface area contributed by atoms with Gasteiger partial charge in [-0.3, -0.25) is 0 Å². The van der Waals surface area contributed by atoms with Crippen molar-refractivity contribution in [1.29, 1.82) is 0 Å². The first-order valence-electron chi connectivity index (χ1n) is 6.17. The van der Waals surface area contributed by atoms with Gasteiger partial charge in [0.2, 0.25) is 0 Å². The summed E-state index contributed by atoms with van der Waals surface area (Å²) in [4.78, 5) is 0. The van der Waals surface area contributed by atoms with Crippen molar-refractivity contribution in [3.05, 3.63) is 0 Å². The molecule has 1 rings (SSSR count). The van der Waals surface area contributed by atoms with Gasteiger partial charge in [0.05, 0.1) is 0 Å². The molecule has 0 aromatic carbocycles. The van der Waals surface area contributed by atoms with Crippen molar-refractivity contribution in [2.45, 2.75) is 50.8 Å². The summed E-state index contributed by atoms with van der Waals surface area (Å²) in [7, 11) is 0. The molecule has 0 aromatic rings. The Labute approximate surface area is 98.5 Å². The van der Waals surface area contributed by atoms with Crippen LogP contribution >= 0.6 is 11.8 Å². The second-order valence-electron chi connectivity index (χ2n) is 4.42. The van der Waals surface area contributed by atoms with Gasteiger partial charge in [-0.1, -0.05) is 13.8 Å². The Morgan fingerprint density at radius 1 is 1.33 bits per heavy atom. The van der Waals surface area contributed by atoms with Crippen LogP contribution in [-0.2, 0) is 4.74 Å². The van der Waals surface area contributed by atoms with Gasteiger partial charge in [0, 0.05) is 30.5 Å². The minimum Gasteiger partial charge on any atom is -0.381 e. The quantitative estimate of drug-likeness (QED) is 0.759. The van der Waals surface area contributed by atoms with Gasteiger partial charge in [0.25, 0.3) is 0 Å². The topological polar surface area (TPSA) is 21.3 Å². The van der Waals surface area contributed by atoms with E-state index in [9.17, 15) is 0 Å². The smallest absolute Gasteiger partial charge is 0.0479 e. The molecule has 1 heterocycles. The summed E-state index contributed by atoms with van der Waals surface area (Å²) in [6.07, 6.45) is 3.62. The van der Waals surface area contributed by atoms with E-state index < -0.39 is 0 Å². The second kappa shape index (κ2) is 6.77. The lowest BCUT2D eigenvalue weighted by molar-refractivity contribution is 0.0765. The molecule has 1 fully saturated rings. The number of nitrogens with one attached hydrogen (secondary N) is 1. The van der Waals surface area contributed by atoms with Crippen LogP contribution in [0.3, 0.4) is 0 Å². The zero-order chi connectivity index (χ0) is 11.1. The van der Waals surface area contributed by atoms with E-state index in [2.05, 4.69) is 37.8 Å². The van der Waals surface area contributed by atoms with Crippen LogP contribution in [0.25, 0.3) is 0 Å². The molecule has 1 unspecified atom stereocenters. The summed E-state index contributed by atoms with van der Waals surface area (Å²) >= 11 is 2.11. The van der Waals surface area contributed by atoms with Gasteiger partial charge >= 0.3 is 0 Å². The normalized spacial score (nSPS) is 22.6. The van der Waals surface area contributed by atoms with Gasteiger partial charge in [-0.15, -0.1) is 0 Å². The maximum atomic E-state index is 5.46. The molecule has 0 aromatic heterocycles. The lowest BCUT2D eigenvalue weighted by Gasteiger charge is -2.37. The monoisotopic (exact) mass is 231 g/mol. The van der Waals surface area contributed by atoms with Crippen molar-refractivity contribution < 1.29 is 4.74 Å². The molecule has 90 valence electrons. The summed E-state index contributed by atoms with van der Waals surface area (Å²) in [6, 6.07) is 0.641. The number of rotatable bonds is 6. The summed E-state index contributed by atoms with van der Waals surface area (Å²) < 4.78 is 5.90. The molecule has 0 aliphatic carbocycles. The lowest BCUT2D eigenvalue weighted by atomic mass is 9.98. The van der Waals surface area contributed by atoms with Gasteiger partial charge in [-0.2, -0.15) is 11.8 Å². The molecule has 1 aliphatic heterocycles. The highest BCUT2D eigenvalue weighted by Crippen LogP contribution is 2.34. The predicted octanol–water partition coefficient (Wildman–Crippen LogP) is 2.68. The van der Waals surface area contributed by atoms with E-state index in [1.54, 1.807) is 0 Å². The molecule has 0 spiro atoms. The van der Waals surface area contributed by atoms with Crippen molar-refractivity contribution in [1.82, 2.24) is 5.32 Å². The summed E-state index contributed by atoms with van der Waals surface area (Å²) in [5.41, 5.74) is 0. The number of hydrogen-bond acceptors (Lipinski definition) is 3. The van der Waals surface area contributed by atoms with Gasteiger partial charge in [0.1, 0.15) is 0 Å². The molecule has 1 aliphatic rings. The van der Waals surface area contributed by atoms with E-state index >= 15 is 0 Å². The molecule has 1 atom stereocenters. The van der Waals surface area contributed by atoms with Crippen molar-refractivity contribution in [3.63, 3.8) is 0 Å². The molecule has 3 heteroatoms. The van der Waals surface area contributed by atoms with E-state index in [0.29, 0.717) is 10.8 Å². The Hall–Kier alpha value is 0.270. The number of ether oxygens (including phenoxy) is 1. The van der Waals surface area contributed by atoms with Crippen molar-refractivity contribution in [3.8, 4) is 0 Å². The minimum absolute atomic E-state index is 0.441. The van der Waals surface area contributed by atoms with Crippen molar-refractivity contribution in [2.24, 2.45) is 0 Å². The Balaban J connectivity index is 2.41. The van der Waals surface area contributed by atoms with Crippen LogP contribution in [0.5, 0.6) is 0 Å². The highest BCUT2D eigenvalue weighted by Gasteiger charge is 2.32. The molecular formula is C12H25NOS. The summed E-state index contributed by atoms with van der Waals surface area (Å²) in [5, 5.41) is 3.65. The van der Waals surface area contributed by atoms with Gasteiger partial charge in [-0.05, 0) is 31.9 Å². The first-order valence-corrected chi connectivity index (χ1v) is 7.16. The van der Waals surface area contributed by atoms with Gasteiger partial charge in [-0.25, -0.2) is 0 Å². The first-order chi connectivity index (χ1) is 7.22. The first kappa shape index (κ1) is 13.3. The highest BCUT2D eigenvalue weighted by molar-refractivity contribution is 8.00. The molecule has 2 nitrogen and oxygen atoms in total.